The predicted molar refractivity (Wildman–Crippen MR) is 111 cm³/mol. The van der Waals surface area contributed by atoms with Crippen molar-refractivity contribution in [2.45, 2.75) is 26.8 Å². The summed E-state index contributed by atoms with van der Waals surface area (Å²) in [5.74, 6) is 0.484. The lowest BCUT2D eigenvalue weighted by molar-refractivity contribution is -0.130. The number of hydrogen-bond donors (Lipinski definition) is 0. The minimum Gasteiger partial charge on any atom is -0.338 e. The Balaban J connectivity index is 1.60. The zero-order chi connectivity index (χ0) is 20.7. The zero-order valence-electron chi connectivity index (χ0n) is 17.1. The Bertz CT molecular complexity index is 984. The average molecular weight is 390 g/mol. The molecule has 0 spiro atoms. The number of carbonyl (C=O) groups is 3. The molecule has 0 radical (unpaired) electrons. The lowest BCUT2D eigenvalue weighted by Crippen LogP contribution is -2.36. The normalized spacial score (nSPS) is 23.2. The SMILES string of the molecule is CC(=O)c1cccc(C(=O)N2C[C@@H]3CN(C(C)=O)[C@@H](c4ccccc4C)[C@@H]3C2)c1. The summed E-state index contributed by atoms with van der Waals surface area (Å²) in [6.07, 6.45) is 0. The molecule has 2 aromatic carbocycles. The van der Waals surface area contributed by atoms with Crippen molar-refractivity contribution in [3.05, 3.63) is 70.8 Å². The van der Waals surface area contributed by atoms with Gasteiger partial charge in [-0.3, -0.25) is 14.4 Å². The molecule has 2 amide bonds. The van der Waals surface area contributed by atoms with Crippen molar-refractivity contribution in [2.24, 2.45) is 11.8 Å². The first-order valence-electron chi connectivity index (χ1n) is 10.1. The minimum absolute atomic E-state index is 0.0000499. The van der Waals surface area contributed by atoms with Crippen molar-refractivity contribution in [2.75, 3.05) is 19.6 Å². The lowest BCUT2D eigenvalue weighted by atomic mass is 9.87. The van der Waals surface area contributed by atoms with Crippen molar-refractivity contribution in [3.63, 3.8) is 0 Å². The van der Waals surface area contributed by atoms with Gasteiger partial charge in [-0.15, -0.1) is 0 Å². The maximum atomic E-state index is 13.1. The van der Waals surface area contributed by atoms with Gasteiger partial charge in [-0.2, -0.15) is 0 Å². The third kappa shape index (κ3) is 3.46. The monoisotopic (exact) mass is 390 g/mol. The van der Waals surface area contributed by atoms with Gasteiger partial charge in [0, 0.05) is 49.5 Å². The highest BCUT2D eigenvalue weighted by atomic mass is 16.2. The number of benzene rings is 2. The van der Waals surface area contributed by atoms with E-state index in [9.17, 15) is 14.4 Å². The number of rotatable bonds is 3. The van der Waals surface area contributed by atoms with Crippen LogP contribution >= 0.6 is 0 Å². The maximum absolute atomic E-state index is 13.1. The van der Waals surface area contributed by atoms with Gasteiger partial charge in [0.15, 0.2) is 5.78 Å². The highest BCUT2D eigenvalue weighted by Crippen LogP contribution is 2.46. The van der Waals surface area contributed by atoms with Crippen molar-refractivity contribution in [3.8, 4) is 0 Å². The fourth-order valence-corrected chi connectivity index (χ4v) is 4.91. The topological polar surface area (TPSA) is 57.7 Å². The summed E-state index contributed by atoms with van der Waals surface area (Å²) in [6, 6.07) is 15.1. The molecule has 5 nitrogen and oxygen atoms in total. The number of amides is 2. The average Bonchev–Trinajstić information content (AvgIpc) is 3.26. The first-order chi connectivity index (χ1) is 13.9. The Labute approximate surface area is 171 Å². The Morgan fingerprint density at radius 1 is 0.897 bits per heavy atom. The summed E-state index contributed by atoms with van der Waals surface area (Å²) >= 11 is 0. The third-order valence-corrected chi connectivity index (χ3v) is 6.38. The van der Waals surface area contributed by atoms with Crippen LogP contribution in [0.4, 0.5) is 0 Å². The molecule has 2 saturated heterocycles. The van der Waals surface area contributed by atoms with E-state index in [-0.39, 0.29) is 35.5 Å². The minimum atomic E-state index is -0.0466. The van der Waals surface area contributed by atoms with E-state index < -0.39 is 0 Å². The second kappa shape index (κ2) is 7.47. The second-order valence-corrected chi connectivity index (χ2v) is 8.24. The van der Waals surface area contributed by atoms with Gasteiger partial charge in [0.1, 0.15) is 0 Å². The first kappa shape index (κ1) is 19.4. The van der Waals surface area contributed by atoms with Gasteiger partial charge in [0.2, 0.25) is 5.91 Å². The Morgan fingerprint density at radius 3 is 2.31 bits per heavy atom. The predicted octanol–water partition coefficient (Wildman–Crippen LogP) is 3.49. The van der Waals surface area contributed by atoms with Crippen LogP contribution in [-0.4, -0.2) is 47.0 Å². The van der Waals surface area contributed by atoms with Crippen LogP contribution in [0, 0.1) is 18.8 Å². The van der Waals surface area contributed by atoms with E-state index in [2.05, 4.69) is 19.1 Å². The van der Waals surface area contributed by atoms with Gasteiger partial charge in [0.05, 0.1) is 6.04 Å². The summed E-state index contributed by atoms with van der Waals surface area (Å²) in [4.78, 5) is 41.0. The molecular weight excluding hydrogens is 364 g/mol. The molecule has 0 aliphatic carbocycles. The molecular formula is C24H26N2O3. The van der Waals surface area contributed by atoms with E-state index in [1.165, 1.54) is 18.1 Å². The lowest BCUT2D eigenvalue weighted by Gasteiger charge is -2.30. The second-order valence-electron chi connectivity index (χ2n) is 8.24. The van der Waals surface area contributed by atoms with Crippen LogP contribution in [0.3, 0.4) is 0 Å². The van der Waals surface area contributed by atoms with E-state index in [0.29, 0.717) is 30.8 Å². The van der Waals surface area contributed by atoms with Crippen LogP contribution in [0.2, 0.25) is 0 Å². The number of nitrogens with zero attached hydrogens (tertiary/aromatic N) is 2. The first-order valence-corrected chi connectivity index (χ1v) is 10.1. The molecule has 3 atom stereocenters. The van der Waals surface area contributed by atoms with Crippen LogP contribution in [0.15, 0.2) is 48.5 Å². The van der Waals surface area contributed by atoms with Crippen LogP contribution in [0.5, 0.6) is 0 Å². The Kier molecular flexibility index (Phi) is 4.99. The van der Waals surface area contributed by atoms with Crippen LogP contribution in [0.25, 0.3) is 0 Å². The fraction of sp³-hybridized carbons (Fsp3) is 0.375. The summed E-state index contributed by atoms with van der Waals surface area (Å²) in [5.41, 5.74) is 3.44. The van der Waals surface area contributed by atoms with Crippen molar-refractivity contribution < 1.29 is 14.4 Å². The number of ketones is 1. The molecule has 2 heterocycles. The molecule has 2 aliphatic rings. The number of aryl methyl sites for hydroxylation is 1. The van der Waals surface area contributed by atoms with Crippen molar-refractivity contribution >= 4 is 17.6 Å². The molecule has 150 valence electrons. The molecule has 4 rings (SSSR count). The molecule has 0 N–H and O–H groups in total. The number of likely N-dealkylation sites (tertiary alicyclic amines) is 2. The fourth-order valence-electron chi connectivity index (χ4n) is 4.91. The smallest absolute Gasteiger partial charge is 0.253 e. The Hall–Kier alpha value is -2.95. The number of fused-ring (bicyclic) bond motifs is 1. The third-order valence-electron chi connectivity index (χ3n) is 6.38. The molecule has 29 heavy (non-hydrogen) atoms. The number of Topliss-reactive ketones (excluding diaryl/α,β-unsaturated/α-hetero) is 1. The van der Waals surface area contributed by atoms with Crippen LogP contribution < -0.4 is 0 Å². The highest BCUT2D eigenvalue weighted by molar-refractivity contribution is 5.99. The molecule has 2 aromatic rings. The van der Waals surface area contributed by atoms with Crippen LogP contribution in [-0.2, 0) is 4.79 Å². The summed E-state index contributed by atoms with van der Waals surface area (Å²) in [7, 11) is 0. The van der Waals surface area contributed by atoms with E-state index in [1.54, 1.807) is 31.2 Å². The van der Waals surface area contributed by atoms with Crippen molar-refractivity contribution in [1.82, 2.24) is 9.80 Å². The van der Waals surface area contributed by atoms with E-state index in [4.69, 9.17) is 0 Å². The molecule has 2 fully saturated rings. The summed E-state index contributed by atoms with van der Waals surface area (Å²) in [5, 5.41) is 0. The van der Waals surface area contributed by atoms with Gasteiger partial charge in [-0.25, -0.2) is 0 Å². The largest absolute Gasteiger partial charge is 0.338 e. The van der Waals surface area contributed by atoms with Gasteiger partial charge in [-0.1, -0.05) is 36.4 Å². The standard InChI is InChI=1S/C24H26N2O3/c1-15-7-4-5-10-21(15)23-22-14-25(12-20(22)13-26(23)17(3)28)24(29)19-9-6-8-18(11-19)16(2)27/h4-11,20,22-23H,12-14H2,1-3H3/t20-,22-,23+/m1/s1. The molecule has 5 heteroatoms. The maximum Gasteiger partial charge on any atom is 0.253 e. The van der Waals surface area contributed by atoms with Crippen molar-refractivity contribution in [1.29, 1.82) is 0 Å². The van der Waals surface area contributed by atoms with Gasteiger partial charge in [0.25, 0.3) is 5.91 Å². The molecule has 0 saturated carbocycles. The molecule has 2 aliphatic heterocycles. The number of carbonyl (C=O) groups excluding carboxylic acids is 3. The number of hydrogen-bond acceptors (Lipinski definition) is 3. The van der Waals surface area contributed by atoms with E-state index >= 15 is 0 Å². The van der Waals surface area contributed by atoms with Gasteiger partial charge >= 0.3 is 0 Å². The van der Waals surface area contributed by atoms with E-state index in [1.807, 2.05) is 21.9 Å². The van der Waals surface area contributed by atoms with E-state index in [0.717, 1.165) is 0 Å². The molecule has 0 aromatic heterocycles. The van der Waals surface area contributed by atoms with Crippen LogP contribution in [0.1, 0.15) is 51.7 Å². The quantitative estimate of drug-likeness (QED) is 0.754. The van der Waals surface area contributed by atoms with Gasteiger partial charge < -0.3 is 9.80 Å². The Morgan fingerprint density at radius 2 is 1.62 bits per heavy atom. The highest BCUT2D eigenvalue weighted by Gasteiger charge is 2.49. The summed E-state index contributed by atoms with van der Waals surface area (Å²) in [6.45, 7) is 7.15. The summed E-state index contributed by atoms with van der Waals surface area (Å²) < 4.78 is 0. The molecule has 0 unspecified atom stereocenters. The molecule has 0 bridgehead atoms. The van der Waals surface area contributed by atoms with Gasteiger partial charge in [-0.05, 0) is 37.1 Å². The zero-order valence-corrected chi connectivity index (χ0v) is 17.1.